The topological polar surface area (TPSA) is 290 Å². The lowest BCUT2D eigenvalue weighted by Gasteiger charge is -2.22. The molecule has 302 valence electrons. The van der Waals surface area contributed by atoms with Gasteiger partial charge in [0.25, 0.3) is 11.5 Å². The van der Waals surface area contributed by atoms with Gasteiger partial charge in [0.2, 0.25) is 17.8 Å². The van der Waals surface area contributed by atoms with Gasteiger partial charge in [0.1, 0.15) is 12.1 Å². The maximum atomic E-state index is 12.8. The van der Waals surface area contributed by atoms with E-state index in [4.69, 9.17) is 16.2 Å². The molecule has 56 heavy (non-hydrogen) atoms. The number of aliphatic carboxylic acids is 1. The number of unbranched alkanes of at least 4 members (excludes halogenated alkanes) is 1. The normalized spacial score (nSPS) is 14.9. The summed E-state index contributed by atoms with van der Waals surface area (Å²) < 4.78 is 5.55. The number of ether oxygens (including phenoxy) is 1. The van der Waals surface area contributed by atoms with Crippen LogP contribution in [-0.2, 0) is 30.5 Å². The summed E-state index contributed by atoms with van der Waals surface area (Å²) in [6, 6.07) is 4.95. The number of amides is 3. The van der Waals surface area contributed by atoms with E-state index in [0.29, 0.717) is 62.4 Å². The van der Waals surface area contributed by atoms with Gasteiger partial charge in [-0.1, -0.05) is 20.8 Å². The zero-order valence-electron chi connectivity index (χ0n) is 31.9. The lowest BCUT2D eigenvalue weighted by molar-refractivity contribution is -0.149. The Balaban J connectivity index is 1.08. The van der Waals surface area contributed by atoms with Crippen molar-refractivity contribution >= 4 is 52.5 Å². The Bertz CT molecular complexity index is 1960. The summed E-state index contributed by atoms with van der Waals surface area (Å²) in [6.07, 6.45) is 5.05. The molecular formula is C37H51N11O8. The zero-order valence-corrected chi connectivity index (χ0v) is 31.9. The van der Waals surface area contributed by atoms with Crippen molar-refractivity contribution in [1.82, 2.24) is 40.8 Å². The van der Waals surface area contributed by atoms with Crippen molar-refractivity contribution in [3.8, 4) is 0 Å². The fourth-order valence-corrected chi connectivity index (χ4v) is 5.66. The molecule has 1 aliphatic heterocycles. The van der Waals surface area contributed by atoms with Crippen LogP contribution in [-0.4, -0.2) is 97.9 Å². The largest absolute Gasteiger partial charge is 0.480 e. The van der Waals surface area contributed by atoms with Gasteiger partial charge in [0, 0.05) is 61.9 Å². The molecule has 0 unspecified atom stereocenters. The average molecular weight is 778 g/mol. The third-order valence-electron chi connectivity index (χ3n) is 8.58. The SMILES string of the molecule is CC(C)(C)CC(=O)N1CC[C@@H](OC(=O)CCCCN/C=C(\N)CNC(=O)CC[C@H](NC(=O)c2ccc(NCc3cnc4nc(N)[nH]c(=O)c4n3)cc2)C(=O)O)C1. The summed E-state index contributed by atoms with van der Waals surface area (Å²) in [5.41, 5.74) is 12.7. The molecule has 10 N–H and O–H groups in total. The minimum atomic E-state index is -1.31. The van der Waals surface area contributed by atoms with Crippen LogP contribution in [0.2, 0.25) is 0 Å². The second-order valence-corrected chi connectivity index (χ2v) is 14.7. The van der Waals surface area contributed by atoms with Crippen LogP contribution in [0.5, 0.6) is 0 Å². The Hall–Kier alpha value is -6.27. The van der Waals surface area contributed by atoms with Crippen molar-refractivity contribution in [2.24, 2.45) is 11.1 Å². The number of carbonyl (C=O) groups is 5. The molecule has 19 nitrogen and oxygen atoms in total. The van der Waals surface area contributed by atoms with Gasteiger partial charge in [0.05, 0.1) is 31.5 Å². The highest BCUT2D eigenvalue weighted by molar-refractivity contribution is 5.97. The van der Waals surface area contributed by atoms with Crippen molar-refractivity contribution in [2.75, 3.05) is 37.2 Å². The fourth-order valence-electron chi connectivity index (χ4n) is 5.66. The van der Waals surface area contributed by atoms with Gasteiger partial charge in [-0.3, -0.25) is 29.0 Å². The minimum absolute atomic E-state index is 0.0252. The number of nitrogens with zero attached hydrogens (tertiary/aromatic N) is 4. The number of rotatable bonds is 19. The molecule has 0 bridgehead atoms. The van der Waals surface area contributed by atoms with Crippen LogP contribution in [0.1, 0.15) is 81.8 Å². The number of aromatic amines is 1. The number of carboxylic acid groups (broad SMARTS) is 1. The second-order valence-electron chi connectivity index (χ2n) is 14.7. The summed E-state index contributed by atoms with van der Waals surface area (Å²) in [7, 11) is 0. The number of benzene rings is 1. The van der Waals surface area contributed by atoms with Gasteiger partial charge in [0.15, 0.2) is 11.2 Å². The molecule has 1 aliphatic rings. The average Bonchev–Trinajstić information content (AvgIpc) is 3.61. The molecular weight excluding hydrogens is 726 g/mol. The molecule has 1 aromatic carbocycles. The van der Waals surface area contributed by atoms with E-state index in [0.717, 1.165) is 0 Å². The first-order valence-electron chi connectivity index (χ1n) is 18.4. The monoisotopic (exact) mass is 777 g/mol. The maximum Gasteiger partial charge on any atom is 0.326 e. The first-order chi connectivity index (χ1) is 26.6. The molecule has 19 heteroatoms. The van der Waals surface area contributed by atoms with E-state index in [1.165, 1.54) is 18.3 Å². The van der Waals surface area contributed by atoms with Gasteiger partial charge < -0.3 is 47.5 Å². The van der Waals surface area contributed by atoms with Crippen molar-refractivity contribution in [1.29, 1.82) is 0 Å². The van der Waals surface area contributed by atoms with Crippen molar-refractivity contribution < 1.29 is 33.8 Å². The Morgan fingerprint density at radius 3 is 2.57 bits per heavy atom. The number of nitrogen functional groups attached to an aromatic ring is 1. The Morgan fingerprint density at radius 2 is 1.86 bits per heavy atom. The molecule has 2 aromatic heterocycles. The summed E-state index contributed by atoms with van der Waals surface area (Å²) in [5.74, 6) is -2.63. The molecule has 2 atom stereocenters. The third kappa shape index (κ3) is 13.9. The lowest BCUT2D eigenvalue weighted by atomic mass is 9.92. The van der Waals surface area contributed by atoms with E-state index in [1.807, 2.05) is 20.8 Å². The van der Waals surface area contributed by atoms with Crippen molar-refractivity contribution in [3.63, 3.8) is 0 Å². The number of anilines is 2. The van der Waals surface area contributed by atoms with E-state index in [2.05, 4.69) is 41.2 Å². The number of hydrogen-bond acceptors (Lipinski definition) is 14. The number of esters is 1. The van der Waals surface area contributed by atoms with Gasteiger partial charge in [-0.15, -0.1) is 0 Å². The summed E-state index contributed by atoms with van der Waals surface area (Å²) in [6.45, 7) is 7.85. The summed E-state index contributed by atoms with van der Waals surface area (Å²) >= 11 is 0. The number of nitrogens with two attached hydrogens (primary N) is 2. The smallest absolute Gasteiger partial charge is 0.326 e. The number of H-pyrrole nitrogens is 1. The highest BCUT2D eigenvalue weighted by Gasteiger charge is 2.30. The molecule has 0 saturated carbocycles. The van der Waals surface area contributed by atoms with E-state index in [9.17, 15) is 33.9 Å². The molecule has 0 aliphatic carbocycles. The Morgan fingerprint density at radius 1 is 1.11 bits per heavy atom. The van der Waals surface area contributed by atoms with Gasteiger partial charge in [-0.05, 0) is 48.9 Å². The standard InChI is InChI=1S/C37H51N11O8/c1-37(2,3)16-29(50)48-15-13-26(21-48)56-30(51)6-4-5-14-40-17-23(38)18-42-28(49)12-11-27(35(54)55)45-33(52)22-7-9-24(10-8-22)41-19-25-20-43-32-31(44-25)34(53)47-36(39)46-32/h7-10,17,20,26-27,40-41H,4-6,11-16,18-19,21,38H2,1-3H3,(H,42,49)(H,45,52)(H,54,55)(H3,39,43,46,47,53)/b23-17-/t26-,27+/m1/s1. The van der Waals surface area contributed by atoms with Crippen LogP contribution in [0.15, 0.2) is 47.2 Å². The van der Waals surface area contributed by atoms with E-state index in [-0.39, 0.29) is 78.4 Å². The number of fused-ring (bicyclic) bond motifs is 1. The predicted octanol–water partition coefficient (Wildman–Crippen LogP) is 1.13. The van der Waals surface area contributed by atoms with Crippen LogP contribution in [0.3, 0.4) is 0 Å². The molecule has 3 heterocycles. The molecule has 1 fully saturated rings. The maximum absolute atomic E-state index is 12.8. The number of carboxylic acids is 1. The van der Waals surface area contributed by atoms with Crippen LogP contribution < -0.4 is 38.3 Å². The summed E-state index contributed by atoms with van der Waals surface area (Å²) in [5, 5.41) is 20.9. The zero-order chi connectivity index (χ0) is 40.8. The molecule has 3 aromatic rings. The first-order valence-corrected chi connectivity index (χ1v) is 18.4. The molecule has 0 spiro atoms. The predicted molar refractivity (Wildman–Crippen MR) is 207 cm³/mol. The van der Waals surface area contributed by atoms with Gasteiger partial charge in [-0.25, -0.2) is 14.8 Å². The highest BCUT2D eigenvalue weighted by atomic mass is 16.5. The van der Waals surface area contributed by atoms with Gasteiger partial charge >= 0.3 is 11.9 Å². The second kappa shape index (κ2) is 19.9. The van der Waals surface area contributed by atoms with E-state index < -0.39 is 29.4 Å². The summed E-state index contributed by atoms with van der Waals surface area (Å²) in [4.78, 5) is 90.3. The Kier molecular flexibility index (Phi) is 15.1. The minimum Gasteiger partial charge on any atom is -0.480 e. The first kappa shape index (κ1) is 42.5. The lowest BCUT2D eigenvalue weighted by Crippen LogP contribution is -2.41. The molecule has 1 saturated heterocycles. The molecule has 0 radical (unpaired) electrons. The van der Waals surface area contributed by atoms with E-state index >= 15 is 0 Å². The van der Waals surface area contributed by atoms with Gasteiger partial charge in [-0.2, -0.15) is 4.98 Å². The molecule has 4 rings (SSSR count). The van der Waals surface area contributed by atoms with Crippen molar-refractivity contribution in [3.05, 3.63) is 64.0 Å². The van der Waals surface area contributed by atoms with Crippen LogP contribution in [0.4, 0.5) is 11.6 Å². The quantitative estimate of drug-likeness (QED) is 0.0625. The van der Waals surface area contributed by atoms with E-state index in [1.54, 1.807) is 23.2 Å². The highest BCUT2D eigenvalue weighted by Crippen LogP contribution is 2.23. The number of nitrogens with one attached hydrogen (secondary N) is 5. The number of carbonyl (C=O) groups excluding carboxylic acids is 4. The van der Waals surface area contributed by atoms with Crippen molar-refractivity contribution in [2.45, 2.75) is 84.4 Å². The van der Waals surface area contributed by atoms with Crippen LogP contribution in [0.25, 0.3) is 11.2 Å². The number of hydrogen-bond donors (Lipinski definition) is 8. The number of likely N-dealkylation sites (tertiary alicyclic amines) is 1. The molecule has 3 amide bonds. The number of aromatic nitrogens is 4. The van der Waals surface area contributed by atoms with Crippen LogP contribution in [0, 0.1) is 5.41 Å². The fraction of sp³-hybridized carbons (Fsp3) is 0.486. The van der Waals surface area contributed by atoms with Crippen LogP contribution >= 0.6 is 0 Å². The Labute approximate surface area is 323 Å². The third-order valence-corrected chi connectivity index (χ3v) is 8.58.